The van der Waals surface area contributed by atoms with Crippen molar-refractivity contribution in [1.82, 2.24) is 0 Å². The SMILES string of the molecule is O=C1N(CC2=CCCC=C2F)c2ccccc2C12COc1cc3c(cc12)CCO3. The Balaban J connectivity index is 1.49. The summed E-state index contributed by atoms with van der Waals surface area (Å²) >= 11 is 0. The van der Waals surface area contributed by atoms with E-state index in [-0.39, 0.29) is 24.9 Å². The van der Waals surface area contributed by atoms with Crippen molar-refractivity contribution in [2.45, 2.75) is 24.7 Å². The van der Waals surface area contributed by atoms with Crippen LogP contribution in [0.5, 0.6) is 11.5 Å². The summed E-state index contributed by atoms with van der Waals surface area (Å²) in [7, 11) is 0. The summed E-state index contributed by atoms with van der Waals surface area (Å²) < 4.78 is 26.1. The first-order valence-corrected chi connectivity index (χ1v) is 10.1. The number of nitrogens with zero attached hydrogens (tertiary/aromatic N) is 1. The highest BCUT2D eigenvalue weighted by Crippen LogP contribution is 2.54. The summed E-state index contributed by atoms with van der Waals surface area (Å²) in [6.45, 7) is 1.15. The van der Waals surface area contributed by atoms with E-state index in [9.17, 15) is 9.18 Å². The molecule has 4 nitrogen and oxygen atoms in total. The van der Waals surface area contributed by atoms with Gasteiger partial charge in [-0.25, -0.2) is 4.39 Å². The molecule has 4 aliphatic rings. The van der Waals surface area contributed by atoms with Crippen LogP contribution in [0, 0.1) is 0 Å². The van der Waals surface area contributed by atoms with Crippen molar-refractivity contribution in [3.05, 3.63) is 76.6 Å². The molecule has 1 aliphatic carbocycles. The Morgan fingerprint density at radius 3 is 2.79 bits per heavy atom. The summed E-state index contributed by atoms with van der Waals surface area (Å²) in [6.07, 6.45) is 5.85. The number of para-hydroxylation sites is 1. The lowest BCUT2D eigenvalue weighted by atomic mass is 9.76. The van der Waals surface area contributed by atoms with E-state index in [4.69, 9.17) is 9.47 Å². The molecule has 0 fully saturated rings. The summed E-state index contributed by atoms with van der Waals surface area (Å²) in [4.78, 5) is 15.6. The number of ether oxygens (including phenoxy) is 2. The van der Waals surface area contributed by atoms with Crippen LogP contribution in [0.25, 0.3) is 0 Å². The van der Waals surface area contributed by atoms with Crippen LogP contribution in [0.2, 0.25) is 0 Å². The van der Waals surface area contributed by atoms with Crippen molar-refractivity contribution in [2.24, 2.45) is 0 Å². The molecule has 1 amide bonds. The van der Waals surface area contributed by atoms with Crippen molar-refractivity contribution in [2.75, 3.05) is 24.7 Å². The lowest BCUT2D eigenvalue weighted by molar-refractivity contribution is -0.122. The van der Waals surface area contributed by atoms with Gasteiger partial charge in [-0.1, -0.05) is 24.3 Å². The molecular weight excluding hydrogens is 369 g/mol. The molecule has 0 bridgehead atoms. The Morgan fingerprint density at radius 2 is 1.90 bits per heavy atom. The highest BCUT2D eigenvalue weighted by Gasteiger charge is 2.57. The molecule has 6 rings (SSSR count). The maximum absolute atomic E-state index is 14.4. The maximum atomic E-state index is 14.4. The van der Waals surface area contributed by atoms with Gasteiger partial charge in [0, 0.05) is 29.3 Å². The number of amides is 1. The molecule has 29 heavy (non-hydrogen) atoms. The third-order valence-electron chi connectivity index (χ3n) is 6.48. The van der Waals surface area contributed by atoms with Crippen molar-refractivity contribution in [3.63, 3.8) is 0 Å². The molecule has 3 aliphatic heterocycles. The number of carbonyl (C=O) groups is 1. The Hall–Kier alpha value is -3.08. The molecule has 0 N–H and O–H groups in total. The van der Waals surface area contributed by atoms with Gasteiger partial charge in [0.2, 0.25) is 5.91 Å². The van der Waals surface area contributed by atoms with Gasteiger partial charge in [0.15, 0.2) is 0 Å². The van der Waals surface area contributed by atoms with Crippen LogP contribution in [0.1, 0.15) is 29.5 Å². The van der Waals surface area contributed by atoms with Gasteiger partial charge in [0.25, 0.3) is 0 Å². The smallest absolute Gasteiger partial charge is 0.246 e. The average Bonchev–Trinajstić information content (AvgIpc) is 3.41. The first kappa shape index (κ1) is 16.8. The molecule has 0 aromatic heterocycles. The third-order valence-corrected chi connectivity index (χ3v) is 6.48. The van der Waals surface area contributed by atoms with Gasteiger partial charge in [-0.15, -0.1) is 0 Å². The molecule has 1 spiro atoms. The van der Waals surface area contributed by atoms with Gasteiger partial charge in [-0.3, -0.25) is 4.79 Å². The fraction of sp³-hybridized carbons (Fsp3) is 0.292. The second-order valence-electron chi connectivity index (χ2n) is 8.02. The quantitative estimate of drug-likeness (QED) is 0.772. The third kappa shape index (κ3) is 2.21. The average molecular weight is 389 g/mol. The van der Waals surface area contributed by atoms with Crippen LogP contribution in [0.3, 0.4) is 0 Å². The van der Waals surface area contributed by atoms with Crippen molar-refractivity contribution in [1.29, 1.82) is 0 Å². The predicted octanol–water partition coefficient (Wildman–Crippen LogP) is 4.22. The van der Waals surface area contributed by atoms with Crippen LogP contribution in [-0.4, -0.2) is 25.7 Å². The number of rotatable bonds is 2. The van der Waals surface area contributed by atoms with E-state index in [1.54, 1.807) is 11.0 Å². The molecule has 0 saturated heterocycles. The fourth-order valence-corrected chi connectivity index (χ4v) is 5.01. The lowest BCUT2D eigenvalue weighted by Gasteiger charge is -2.24. The van der Waals surface area contributed by atoms with Gasteiger partial charge >= 0.3 is 0 Å². The predicted molar refractivity (Wildman–Crippen MR) is 107 cm³/mol. The van der Waals surface area contributed by atoms with Gasteiger partial charge in [-0.2, -0.15) is 0 Å². The van der Waals surface area contributed by atoms with E-state index < -0.39 is 5.41 Å². The zero-order chi connectivity index (χ0) is 19.6. The zero-order valence-electron chi connectivity index (χ0n) is 15.9. The summed E-state index contributed by atoms with van der Waals surface area (Å²) in [5.74, 6) is 1.28. The Kier molecular flexibility index (Phi) is 3.46. The van der Waals surface area contributed by atoms with E-state index >= 15 is 0 Å². The highest BCUT2D eigenvalue weighted by molar-refractivity contribution is 6.11. The van der Waals surface area contributed by atoms with Gasteiger partial charge < -0.3 is 14.4 Å². The van der Waals surface area contributed by atoms with E-state index in [2.05, 4.69) is 6.07 Å². The van der Waals surface area contributed by atoms with Gasteiger partial charge in [-0.05, 0) is 42.2 Å². The monoisotopic (exact) mass is 389 g/mol. The minimum Gasteiger partial charge on any atom is -0.493 e. The van der Waals surface area contributed by atoms with E-state index in [1.165, 1.54) is 0 Å². The molecular formula is C24H20FNO3. The minimum atomic E-state index is -0.876. The zero-order valence-corrected chi connectivity index (χ0v) is 15.9. The van der Waals surface area contributed by atoms with Gasteiger partial charge in [0.05, 0.1) is 13.2 Å². The number of anilines is 1. The molecule has 0 saturated carbocycles. The largest absolute Gasteiger partial charge is 0.493 e. The molecule has 5 heteroatoms. The number of carbonyl (C=O) groups excluding carboxylic acids is 1. The van der Waals surface area contributed by atoms with Crippen LogP contribution in [0.4, 0.5) is 10.1 Å². The molecule has 1 atom stereocenters. The maximum Gasteiger partial charge on any atom is 0.246 e. The van der Waals surface area contributed by atoms with E-state index in [1.807, 2.05) is 36.4 Å². The molecule has 2 aromatic carbocycles. The second kappa shape index (κ2) is 5.96. The minimum absolute atomic E-state index is 0.0458. The second-order valence-corrected chi connectivity index (χ2v) is 8.02. The number of halogens is 1. The first-order chi connectivity index (χ1) is 14.2. The number of hydrogen-bond acceptors (Lipinski definition) is 3. The fourth-order valence-electron chi connectivity index (χ4n) is 5.01. The summed E-state index contributed by atoms with van der Waals surface area (Å²) in [6, 6.07) is 11.8. The Bertz CT molecular complexity index is 1120. The van der Waals surface area contributed by atoms with Gasteiger partial charge in [0.1, 0.15) is 29.3 Å². The van der Waals surface area contributed by atoms with E-state index in [0.717, 1.165) is 41.0 Å². The van der Waals surface area contributed by atoms with Crippen molar-refractivity contribution in [3.8, 4) is 11.5 Å². The van der Waals surface area contributed by atoms with Crippen LogP contribution >= 0.6 is 0 Å². The molecule has 0 radical (unpaired) electrons. The van der Waals surface area contributed by atoms with Crippen LogP contribution in [0.15, 0.2) is 60.0 Å². The lowest BCUT2D eigenvalue weighted by Crippen LogP contribution is -2.43. The standard InChI is InChI=1S/C24H20FNO3/c25-19-7-3-1-5-16(19)13-26-20-8-4-2-6-17(20)24(23(26)27)14-29-22-12-21-15(9-10-28-21)11-18(22)24/h2,4-8,11-12H,1,3,9-10,13-14H2. The van der Waals surface area contributed by atoms with E-state index in [0.29, 0.717) is 24.4 Å². The number of fused-ring (bicyclic) bond motifs is 5. The topological polar surface area (TPSA) is 38.8 Å². The number of allylic oxidation sites excluding steroid dienone is 2. The Labute approximate surface area is 168 Å². The molecule has 2 aromatic rings. The number of hydrogen-bond donors (Lipinski definition) is 0. The molecule has 3 heterocycles. The normalized spacial score (nSPS) is 23.9. The summed E-state index contributed by atoms with van der Waals surface area (Å²) in [5, 5.41) is 0. The van der Waals surface area contributed by atoms with Crippen LogP contribution < -0.4 is 14.4 Å². The molecule has 146 valence electrons. The summed E-state index contributed by atoms with van der Waals surface area (Å²) in [5.41, 5.74) is 3.49. The highest BCUT2D eigenvalue weighted by atomic mass is 19.1. The van der Waals surface area contributed by atoms with Crippen LogP contribution in [-0.2, 0) is 16.6 Å². The molecule has 1 unspecified atom stereocenters. The first-order valence-electron chi connectivity index (χ1n) is 10.1. The van der Waals surface area contributed by atoms with Crippen molar-refractivity contribution >= 4 is 11.6 Å². The number of benzene rings is 2. The Morgan fingerprint density at radius 1 is 1.03 bits per heavy atom. The van der Waals surface area contributed by atoms with Crippen molar-refractivity contribution < 1.29 is 18.7 Å².